The lowest BCUT2D eigenvalue weighted by molar-refractivity contribution is 0.272. The number of rotatable bonds is 12. The van der Waals surface area contributed by atoms with E-state index >= 15 is 0 Å². The maximum absolute atomic E-state index is 5.85. The van der Waals surface area contributed by atoms with Crippen molar-refractivity contribution >= 4 is 18.0 Å². The minimum atomic E-state index is 0.267. The number of unbranched alkanes of at least 4 members (excludes halogenated alkanes) is 1. The molecule has 0 spiro atoms. The summed E-state index contributed by atoms with van der Waals surface area (Å²) in [6.07, 6.45) is 5.79. The van der Waals surface area contributed by atoms with Crippen LogP contribution in [0.3, 0.4) is 0 Å². The third-order valence-corrected chi connectivity index (χ3v) is 4.94. The van der Waals surface area contributed by atoms with Crippen LogP contribution in [0.2, 0.25) is 0 Å². The Hall–Kier alpha value is -3.00. The molecular formula is C23H28N4O3S. The molecule has 0 saturated carbocycles. The van der Waals surface area contributed by atoms with Gasteiger partial charge in [0.25, 0.3) is 0 Å². The van der Waals surface area contributed by atoms with Gasteiger partial charge in [-0.2, -0.15) is 9.78 Å². The molecule has 0 aliphatic heterocycles. The van der Waals surface area contributed by atoms with Gasteiger partial charge < -0.3 is 14.2 Å². The molecule has 0 bridgehead atoms. The number of nitrogens with zero attached hydrogens (tertiary/aromatic N) is 4. The van der Waals surface area contributed by atoms with Crippen molar-refractivity contribution in [1.82, 2.24) is 14.9 Å². The molecule has 8 heteroatoms. The van der Waals surface area contributed by atoms with Gasteiger partial charge in [-0.1, -0.05) is 43.3 Å². The Morgan fingerprint density at radius 2 is 1.84 bits per heavy atom. The number of thioether (sulfide) groups is 1. The highest BCUT2D eigenvalue weighted by atomic mass is 32.2. The van der Waals surface area contributed by atoms with E-state index < -0.39 is 0 Å². The largest absolute Gasteiger partial charge is 0.490 e. The Morgan fingerprint density at radius 3 is 2.58 bits per heavy atom. The zero-order chi connectivity index (χ0) is 21.9. The SMILES string of the molecule is CCCCOc1ccc(/C=N\n2c(COc3ccccc3)nnc2SC)cc1OCC. The summed E-state index contributed by atoms with van der Waals surface area (Å²) in [5, 5.41) is 13.7. The Labute approximate surface area is 187 Å². The van der Waals surface area contributed by atoms with Crippen molar-refractivity contribution in [3.05, 3.63) is 59.9 Å². The maximum atomic E-state index is 5.85. The van der Waals surface area contributed by atoms with Gasteiger partial charge in [0, 0.05) is 0 Å². The van der Waals surface area contributed by atoms with E-state index in [0.717, 1.165) is 29.9 Å². The predicted molar refractivity (Wildman–Crippen MR) is 124 cm³/mol. The lowest BCUT2D eigenvalue weighted by Crippen LogP contribution is -2.05. The molecule has 0 atom stereocenters. The average molecular weight is 441 g/mol. The topological polar surface area (TPSA) is 70.8 Å². The van der Waals surface area contributed by atoms with Crippen LogP contribution in [-0.2, 0) is 6.61 Å². The minimum absolute atomic E-state index is 0.267. The monoisotopic (exact) mass is 440 g/mol. The zero-order valence-corrected chi connectivity index (χ0v) is 19.0. The second-order valence-electron chi connectivity index (χ2n) is 6.60. The van der Waals surface area contributed by atoms with Crippen LogP contribution in [0.5, 0.6) is 17.2 Å². The molecule has 0 N–H and O–H groups in total. The first-order chi connectivity index (χ1) is 15.2. The third kappa shape index (κ3) is 6.49. The fourth-order valence-electron chi connectivity index (χ4n) is 2.74. The quantitative estimate of drug-likeness (QED) is 0.223. The van der Waals surface area contributed by atoms with Crippen LogP contribution < -0.4 is 14.2 Å². The van der Waals surface area contributed by atoms with Gasteiger partial charge in [-0.25, -0.2) is 0 Å². The molecule has 3 aromatic rings. The number of hydrogen-bond acceptors (Lipinski definition) is 7. The van der Waals surface area contributed by atoms with E-state index in [1.54, 1.807) is 10.9 Å². The lowest BCUT2D eigenvalue weighted by Gasteiger charge is -2.12. The van der Waals surface area contributed by atoms with Crippen LogP contribution in [-0.4, -0.2) is 40.6 Å². The number of para-hydroxylation sites is 1. The summed E-state index contributed by atoms with van der Waals surface area (Å²) in [6, 6.07) is 15.4. The summed E-state index contributed by atoms with van der Waals surface area (Å²) < 4.78 is 19.1. The summed E-state index contributed by atoms with van der Waals surface area (Å²) in [7, 11) is 0. The zero-order valence-electron chi connectivity index (χ0n) is 18.2. The van der Waals surface area contributed by atoms with Crippen molar-refractivity contribution in [1.29, 1.82) is 0 Å². The van der Waals surface area contributed by atoms with Crippen molar-refractivity contribution in [3.8, 4) is 17.2 Å². The number of aromatic nitrogens is 3. The highest BCUT2D eigenvalue weighted by Gasteiger charge is 2.12. The van der Waals surface area contributed by atoms with Crippen LogP contribution in [0, 0.1) is 0 Å². The van der Waals surface area contributed by atoms with E-state index in [-0.39, 0.29) is 6.61 Å². The van der Waals surface area contributed by atoms with Gasteiger partial charge in [0.15, 0.2) is 17.3 Å². The van der Waals surface area contributed by atoms with Crippen molar-refractivity contribution in [3.63, 3.8) is 0 Å². The molecule has 1 heterocycles. The molecule has 3 rings (SSSR count). The van der Waals surface area contributed by atoms with Gasteiger partial charge in [0.2, 0.25) is 5.16 Å². The molecule has 31 heavy (non-hydrogen) atoms. The highest BCUT2D eigenvalue weighted by Crippen LogP contribution is 2.28. The summed E-state index contributed by atoms with van der Waals surface area (Å²) >= 11 is 1.47. The predicted octanol–water partition coefficient (Wildman–Crippen LogP) is 5.04. The van der Waals surface area contributed by atoms with Gasteiger partial charge in [-0.15, -0.1) is 10.2 Å². The van der Waals surface area contributed by atoms with Gasteiger partial charge >= 0.3 is 0 Å². The molecule has 7 nitrogen and oxygen atoms in total. The molecule has 0 saturated heterocycles. The Balaban J connectivity index is 1.77. The summed E-state index contributed by atoms with van der Waals surface area (Å²) in [6.45, 7) is 5.60. The normalized spacial score (nSPS) is 11.1. The third-order valence-electron chi connectivity index (χ3n) is 4.32. The van der Waals surface area contributed by atoms with Crippen LogP contribution in [0.4, 0.5) is 0 Å². The average Bonchev–Trinajstić information content (AvgIpc) is 3.20. The van der Waals surface area contributed by atoms with Crippen molar-refractivity contribution in [2.45, 2.75) is 38.5 Å². The van der Waals surface area contributed by atoms with Crippen LogP contribution in [0.25, 0.3) is 0 Å². The van der Waals surface area contributed by atoms with Crippen LogP contribution in [0.1, 0.15) is 38.1 Å². The number of hydrogen-bond donors (Lipinski definition) is 0. The molecule has 0 fully saturated rings. The first kappa shape index (κ1) is 22.7. The standard InChI is InChI=1S/C23H28N4O3S/c1-4-6-14-29-20-13-12-18(15-21(20)28-5-2)16-24-27-22(25-26-23(27)31-3)17-30-19-10-8-7-9-11-19/h7-13,15-16H,4-6,14,17H2,1-3H3/b24-16-. The van der Waals surface area contributed by atoms with E-state index in [2.05, 4.69) is 22.2 Å². The van der Waals surface area contributed by atoms with Gasteiger partial charge in [0.05, 0.1) is 19.4 Å². The summed E-state index contributed by atoms with van der Waals surface area (Å²) in [4.78, 5) is 0. The summed E-state index contributed by atoms with van der Waals surface area (Å²) in [5.41, 5.74) is 0.891. The Kier molecular flexibility index (Phi) is 8.78. The molecule has 0 unspecified atom stereocenters. The van der Waals surface area contributed by atoms with Gasteiger partial charge in [0.1, 0.15) is 12.4 Å². The highest BCUT2D eigenvalue weighted by molar-refractivity contribution is 7.98. The molecular weight excluding hydrogens is 412 g/mol. The van der Waals surface area contributed by atoms with Gasteiger partial charge in [-0.05, 0) is 55.5 Å². The fraction of sp³-hybridized carbons (Fsp3) is 0.348. The number of ether oxygens (including phenoxy) is 3. The Bertz CT molecular complexity index is 976. The Morgan fingerprint density at radius 1 is 1.00 bits per heavy atom. The first-order valence-electron chi connectivity index (χ1n) is 10.3. The second-order valence-corrected chi connectivity index (χ2v) is 7.38. The molecule has 1 aromatic heterocycles. The van der Waals surface area contributed by atoms with E-state index in [9.17, 15) is 0 Å². The molecule has 0 amide bonds. The maximum Gasteiger partial charge on any atom is 0.211 e. The molecule has 0 aliphatic carbocycles. The molecule has 164 valence electrons. The minimum Gasteiger partial charge on any atom is -0.490 e. The molecule has 0 aliphatic rings. The van der Waals surface area contributed by atoms with E-state index in [1.165, 1.54) is 11.8 Å². The van der Waals surface area contributed by atoms with Crippen molar-refractivity contribution in [2.24, 2.45) is 5.10 Å². The van der Waals surface area contributed by atoms with Crippen molar-refractivity contribution in [2.75, 3.05) is 19.5 Å². The van der Waals surface area contributed by atoms with E-state index in [0.29, 0.717) is 29.9 Å². The van der Waals surface area contributed by atoms with E-state index in [4.69, 9.17) is 14.2 Å². The first-order valence-corrected chi connectivity index (χ1v) is 11.6. The smallest absolute Gasteiger partial charge is 0.211 e. The summed E-state index contributed by atoms with van der Waals surface area (Å²) in [5.74, 6) is 2.85. The fourth-order valence-corrected chi connectivity index (χ4v) is 3.18. The number of benzene rings is 2. The molecule has 2 aromatic carbocycles. The van der Waals surface area contributed by atoms with Crippen LogP contribution >= 0.6 is 11.8 Å². The lowest BCUT2D eigenvalue weighted by atomic mass is 10.2. The second kappa shape index (κ2) is 12.0. The van der Waals surface area contributed by atoms with E-state index in [1.807, 2.05) is 61.7 Å². The molecule has 0 radical (unpaired) electrons. The van der Waals surface area contributed by atoms with Crippen LogP contribution in [0.15, 0.2) is 58.8 Å². The van der Waals surface area contributed by atoms with Gasteiger partial charge in [-0.3, -0.25) is 0 Å². The van der Waals surface area contributed by atoms with Crippen molar-refractivity contribution < 1.29 is 14.2 Å².